The van der Waals surface area contributed by atoms with Crippen molar-refractivity contribution in [2.75, 3.05) is 6.61 Å². The van der Waals surface area contributed by atoms with Crippen LogP contribution < -0.4 is 0 Å². The molecule has 3 heteroatoms. The number of β-lactam (4-membered cyclic amide) rings is 1. The third-order valence-corrected chi connectivity index (χ3v) is 3.61. The standard InChI is InChI=1S/C13H15NO2/c1-9(10-5-3-2-4-6-10)14-12(15)11-7-8-16-13(11)14/h2-6,9,11,13H,7-8H2,1H3/t9-,11-,13-/m0/s1. The van der Waals surface area contributed by atoms with Crippen LogP contribution in [0, 0.1) is 5.92 Å². The summed E-state index contributed by atoms with van der Waals surface area (Å²) in [6.07, 6.45) is 0.921. The molecule has 2 fully saturated rings. The van der Waals surface area contributed by atoms with Crippen LogP contribution in [0.3, 0.4) is 0 Å². The highest BCUT2D eigenvalue weighted by Gasteiger charge is 2.52. The molecule has 0 radical (unpaired) electrons. The highest BCUT2D eigenvalue weighted by Crippen LogP contribution is 2.41. The number of hydrogen-bond acceptors (Lipinski definition) is 2. The molecule has 2 aliphatic heterocycles. The van der Waals surface area contributed by atoms with Crippen molar-refractivity contribution in [2.45, 2.75) is 25.6 Å². The van der Waals surface area contributed by atoms with Gasteiger partial charge in [-0.15, -0.1) is 0 Å². The maximum atomic E-state index is 11.9. The van der Waals surface area contributed by atoms with Gasteiger partial charge in [0.2, 0.25) is 5.91 Å². The maximum absolute atomic E-state index is 11.9. The van der Waals surface area contributed by atoms with E-state index < -0.39 is 0 Å². The fourth-order valence-corrected chi connectivity index (χ4v) is 2.63. The first-order valence-corrected chi connectivity index (χ1v) is 5.78. The van der Waals surface area contributed by atoms with Gasteiger partial charge in [-0.1, -0.05) is 30.3 Å². The van der Waals surface area contributed by atoms with Crippen molar-refractivity contribution in [3.8, 4) is 0 Å². The lowest BCUT2D eigenvalue weighted by Crippen LogP contribution is -2.59. The van der Waals surface area contributed by atoms with Crippen LogP contribution in [0.2, 0.25) is 0 Å². The summed E-state index contributed by atoms with van der Waals surface area (Å²) < 4.78 is 5.58. The molecule has 1 aromatic carbocycles. The Labute approximate surface area is 95.0 Å². The summed E-state index contributed by atoms with van der Waals surface area (Å²) in [4.78, 5) is 13.8. The van der Waals surface area contributed by atoms with Crippen LogP contribution in [0.4, 0.5) is 0 Å². The van der Waals surface area contributed by atoms with Crippen LogP contribution >= 0.6 is 0 Å². The van der Waals surface area contributed by atoms with Crippen LogP contribution in [-0.2, 0) is 9.53 Å². The van der Waals surface area contributed by atoms with Crippen LogP contribution in [0.1, 0.15) is 24.9 Å². The summed E-state index contributed by atoms with van der Waals surface area (Å²) in [6, 6.07) is 10.2. The molecule has 0 N–H and O–H groups in total. The third kappa shape index (κ3) is 1.28. The van der Waals surface area contributed by atoms with Crippen molar-refractivity contribution in [1.29, 1.82) is 0 Å². The molecule has 84 valence electrons. The van der Waals surface area contributed by atoms with Crippen LogP contribution in [0.25, 0.3) is 0 Å². The van der Waals surface area contributed by atoms with Gasteiger partial charge in [0.05, 0.1) is 18.6 Å². The van der Waals surface area contributed by atoms with Crippen molar-refractivity contribution >= 4 is 5.91 Å². The van der Waals surface area contributed by atoms with Crippen molar-refractivity contribution in [2.24, 2.45) is 5.92 Å². The molecule has 0 aromatic heterocycles. The van der Waals surface area contributed by atoms with E-state index >= 15 is 0 Å². The number of carbonyl (C=O) groups excluding carboxylic acids is 1. The molecule has 1 amide bonds. The second-order valence-corrected chi connectivity index (χ2v) is 4.49. The fourth-order valence-electron chi connectivity index (χ4n) is 2.63. The molecule has 2 saturated heterocycles. The SMILES string of the molecule is C[C@@H](c1ccccc1)N1C(=O)[C@@H]2CCO[C@@H]21. The van der Waals surface area contributed by atoms with E-state index in [1.807, 2.05) is 23.1 Å². The molecule has 1 aromatic rings. The summed E-state index contributed by atoms with van der Waals surface area (Å²) in [6.45, 7) is 2.78. The van der Waals surface area contributed by atoms with E-state index in [4.69, 9.17) is 4.74 Å². The monoisotopic (exact) mass is 217 g/mol. The largest absolute Gasteiger partial charge is 0.357 e. The summed E-state index contributed by atoms with van der Waals surface area (Å²) in [5.41, 5.74) is 1.17. The van der Waals surface area contributed by atoms with E-state index in [0.29, 0.717) is 0 Å². The molecule has 16 heavy (non-hydrogen) atoms. The molecule has 0 unspecified atom stereocenters. The van der Waals surface area contributed by atoms with Gasteiger partial charge in [-0.25, -0.2) is 0 Å². The molecule has 3 nitrogen and oxygen atoms in total. The Balaban J connectivity index is 1.81. The molecule has 2 heterocycles. The molecule has 0 saturated carbocycles. The third-order valence-electron chi connectivity index (χ3n) is 3.61. The van der Waals surface area contributed by atoms with Crippen LogP contribution in [0.5, 0.6) is 0 Å². The van der Waals surface area contributed by atoms with Gasteiger partial charge in [0.15, 0.2) is 0 Å². The van der Waals surface area contributed by atoms with Gasteiger partial charge in [-0.05, 0) is 18.9 Å². The van der Waals surface area contributed by atoms with E-state index in [-0.39, 0.29) is 24.1 Å². The van der Waals surface area contributed by atoms with E-state index in [1.54, 1.807) is 0 Å². The number of benzene rings is 1. The Bertz CT molecular complexity index is 404. The first kappa shape index (κ1) is 9.85. The van der Waals surface area contributed by atoms with Gasteiger partial charge in [-0.3, -0.25) is 4.79 Å². The Kier molecular flexibility index (Phi) is 2.21. The Morgan fingerprint density at radius 1 is 1.38 bits per heavy atom. The summed E-state index contributed by atoms with van der Waals surface area (Å²) >= 11 is 0. The second kappa shape index (κ2) is 3.59. The Morgan fingerprint density at radius 3 is 2.88 bits per heavy atom. The summed E-state index contributed by atoms with van der Waals surface area (Å²) in [5, 5.41) is 0. The number of carbonyl (C=O) groups is 1. The number of hydrogen-bond donors (Lipinski definition) is 0. The minimum absolute atomic E-state index is 0.0303. The molecular formula is C13H15NO2. The van der Waals surface area contributed by atoms with Gasteiger partial charge in [-0.2, -0.15) is 0 Å². The van der Waals surface area contributed by atoms with Gasteiger partial charge in [0.25, 0.3) is 0 Å². The number of ether oxygens (including phenoxy) is 1. The molecular weight excluding hydrogens is 202 g/mol. The zero-order chi connectivity index (χ0) is 11.1. The van der Waals surface area contributed by atoms with Gasteiger partial charge < -0.3 is 9.64 Å². The molecule has 0 spiro atoms. The lowest BCUT2D eigenvalue weighted by molar-refractivity contribution is -0.181. The van der Waals surface area contributed by atoms with Crippen molar-refractivity contribution < 1.29 is 9.53 Å². The first-order chi connectivity index (χ1) is 7.79. The van der Waals surface area contributed by atoms with Crippen LogP contribution in [0.15, 0.2) is 30.3 Å². The van der Waals surface area contributed by atoms with E-state index in [1.165, 1.54) is 5.56 Å². The first-order valence-electron chi connectivity index (χ1n) is 5.78. The summed E-state index contributed by atoms with van der Waals surface area (Å²) in [5.74, 6) is 0.380. The van der Waals surface area contributed by atoms with Gasteiger partial charge in [0, 0.05) is 0 Å². The van der Waals surface area contributed by atoms with Gasteiger partial charge >= 0.3 is 0 Å². The fraction of sp³-hybridized carbons (Fsp3) is 0.462. The zero-order valence-corrected chi connectivity index (χ0v) is 9.30. The van der Waals surface area contributed by atoms with Crippen molar-refractivity contribution in [3.05, 3.63) is 35.9 Å². The predicted octanol–water partition coefficient (Wildman–Crippen LogP) is 1.95. The second-order valence-electron chi connectivity index (χ2n) is 4.49. The number of likely N-dealkylation sites (tertiary alicyclic amines) is 1. The molecule has 2 aliphatic rings. The topological polar surface area (TPSA) is 29.5 Å². The van der Waals surface area contributed by atoms with Gasteiger partial charge in [0.1, 0.15) is 6.23 Å². The van der Waals surface area contributed by atoms with E-state index in [0.717, 1.165) is 13.0 Å². The quantitative estimate of drug-likeness (QED) is 0.709. The zero-order valence-electron chi connectivity index (χ0n) is 9.30. The number of amides is 1. The normalized spacial score (nSPS) is 29.8. The van der Waals surface area contributed by atoms with E-state index in [9.17, 15) is 4.79 Å². The molecule has 3 atom stereocenters. The summed E-state index contributed by atoms with van der Waals surface area (Å²) in [7, 11) is 0. The molecule has 3 rings (SSSR count). The van der Waals surface area contributed by atoms with Crippen LogP contribution in [-0.4, -0.2) is 23.6 Å². The highest BCUT2D eigenvalue weighted by molar-refractivity contribution is 5.86. The molecule has 0 aliphatic carbocycles. The lowest BCUT2D eigenvalue weighted by atomic mass is 9.91. The predicted molar refractivity (Wildman–Crippen MR) is 59.6 cm³/mol. The van der Waals surface area contributed by atoms with Crippen molar-refractivity contribution in [1.82, 2.24) is 4.90 Å². The highest BCUT2D eigenvalue weighted by atomic mass is 16.5. The average molecular weight is 217 g/mol. The Hall–Kier alpha value is -1.35. The minimum Gasteiger partial charge on any atom is -0.357 e. The number of fused-ring (bicyclic) bond motifs is 1. The number of nitrogens with zero attached hydrogens (tertiary/aromatic N) is 1. The molecule has 0 bridgehead atoms. The van der Waals surface area contributed by atoms with Crippen molar-refractivity contribution in [3.63, 3.8) is 0 Å². The smallest absolute Gasteiger partial charge is 0.232 e. The lowest BCUT2D eigenvalue weighted by Gasteiger charge is -2.45. The number of rotatable bonds is 2. The maximum Gasteiger partial charge on any atom is 0.232 e. The average Bonchev–Trinajstić information content (AvgIpc) is 2.74. The Morgan fingerprint density at radius 2 is 2.12 bits per heavy atom. The minimum atomic E-state index is 0.0303. The van der Waals surface area contributed by atoms with E-state index in [2.05, 4.69) is 19.1 Å².